The van der Waals surface area contributed by atoms with E-state index in [1.165, 1.54) is 24.2 Å². The number of benzene rings is 1. The number of azide groups is 1. The third kappa shape index (κ3) is 5.48. The Labute approximate surface area is 229 Å². The van der Waals surface area contributed by atoms with Crippen LogP contribution in [0.3, 0.4) is 0 Å². The number of anilines is 1. The van der Waals surface area contributed by atoms with Crippen LogP contribution in [0, 0.1) is 5.41 Å². The second-order valence-corrected chi connectivity index (χ2v) is 12.5. The van der Waals surface area contributed by atoms with Gasteiger partial charge in [0.2, 0.25) is 11.8 Å². The van der Waals surface area contributed by atoms with Crippen LogP contribution in [0.4, 0.5) is 5.69 Å². The van der Waals surface area contributed by atoms with Crippen LogP contribution in [0.25, 0.3) is 10.4 Å². The Balaban J connectivity index is 1.47. The van der Waals surface area contributed by atoms with E-state index < -0.39 is 30.0 Å². The minimum absolute atomic E-state index is 0.0966. The molecule has 1 aliphatic carbocycles. The number of fused-ring (bicyclic) bond motifs is 1. The smallest absolute Gasteiger partial charge is 0.249 e. The van der Waals surface area contributed by atoms with Crippen LogP contribution in [0.1, 0.15) is 68.3 Å². The van der Waals surface area contributed by atoms with Gasteiger partial charge in [0.1, 0.15) is 12.6 Å². The number of nitrogens with two attached hydrogens (primary N) is 1. The molecule has 0 unspecified atom stereocenters. The molecular weight excluding hydrogens is 498 g/mol. The third-order valence-corrected chi connectivity index (χ3v) is 8.70. The summed E-state index contributed by atoms with van der Waals surface area (Å²) in [7, 11) is 0. The number of Topliss-reactive ketones (excluding diaryl/α,β-unsaturated/α-hetero) is 1. The zero-order valence-electron chi connectivity index (χ0n) is 23.1. The van der Waals surface area contributed by atoms with Gasteiger partial charge in [0.25, 0.3) is 0 Å². The van der Waals surface area contributed by atoms with Gasteiger partial charge in [-0.15, -0.1) is 0 Å². The molecule has 11 heteroatoms. The average Bonchev–Trinajstić information content (AvgIpc) is 3.41. The summed E-state index contributed by atoms with van der Waals surface area (Å²) >= 11 is 0. The molecule has 0 bridgehead atoms. The van der Waals surface area contributed by atoms with Crippen molar-refractivity contribution >= 4 is 23.3 Å². The van der Waals surface area contributed by atoms with Crippen molar-refractivity contribution in [1.29, 1.82) is 0 Å². The molecule has 210 valence electrons. The number of primary amides is 1. The van der Waals surface area contributed by atoms with Gasteiger partial charge in [-0.25, -0.2) is 0 Å². The molecule has 3 aliphatic heterocycles. The van der Waals surface area contributed by atoms with Crippen molar-refractivity contribution in [2.45, 2.75) is 76.6 Å². The van der Waals surface area contributed by atoms with Crippen molar-refractivity contribution < 1.29 is 19.1 Å². The van der Waals surface area contributed by atoms with Crippen LogP contribution in [-0.2, 0) is 14.3 Å². The minimum Gasteiger partial charge on any atom is -0.369 e. The number of rotatable bonds is 7. The Morgan fingerprint density at radius 1 is 1.21 bits per heavy atom. The zero-order valence-corrected chi connectivity index (χ0v) is 23.1. The average molecular weight is 538 g/mol. The lowest BCUT2D eigenvalue weighted by molar-refractivity contribution is -0.138. The first-order chi connectivity index (χ1) is 18.6. The van der Waals surface area contributed by atoms with Crippen LogP contribution < -0.4 is 10.6 Å². The van der Waals surface area contributed by atoms with E-state index in [-0.39, 0.29) is 30.3 Å². The molecule has 1 aromatic rings. The first-order valence-electron chi connectivity index (χ1n) is 14.0. The molecule has 0 aromatic heterocycles. The van der Waals surface area contributed by atoms with E-state index in [0.717, 1.165) is 31.9 Å². The van der Waals surface area contributed by atoms with E-state index in [0.29, 0.717) is 23.6 Å². The predicted molar refractivity (Wildman–Crippen MR) is 146 cm³/mol. The quantitative estimate of drug-likeness (QED) is 0.322. The standard InChI is InChI=1S/C28H39N7O4/c1-28(2,3)14-21(27(38)35-15-22(31-32-30)25-24(35)23(36)16-39-25)20-13-18(7-8-19(20)26(29)37)34-11-9-33(10-12-34)17-5-4-6-17/h7-8,13,17,21-22,24-25H,4-6,9-12,14-16H2,1-3H3,(H2,29,37)/t21-,22+,24+,25+/m0/s1. The maximum Gasteiger partial charge on any atom is 0.249 e. The minimum atomic E-state index is -0.796. The van der Waals surface area contributed by atoms with E-state index in [1.807, 2.05) is 32.9 Å². The van der Waals surface area contributed by atoms with Crippen LogP contribution in [0.5, 0.6) is 0 Å². The molecular formula is C28H39N7O4. The van der Waals surface area contributed by atoms with Gasteiger partial charge in [0.15, 0.2) is 5.78 Å². The number of carbonyl (C=O) groups is 3. The fourth-order valence-corrected chi connectivity index (χ4v) is 6.52. The summed E-state index contributed by atoms with van der Waals surface area (Å²) in [4.78, 5) is 48.9. The summed E-state index contributed by atoms with van der Waals surface area (Å²) in [5.41, 5.74) is 16.5. The van der Waals surface area contributed by atoms with E-state index in [4.69, 9.17) is 16.0 Å². The molecule has 4 aliphatic rings. The number of nitrogens with zero attached hydrogens (tertiary/aromatic N) is 6. The number of likely N-dealkylation sites (tertiary alicyclic amines) is 1. The van der Waals surface area contributed by atoms with Crippen LogP contribution in [-0.4, -0.2) is 91.0 Å². The summed E-state index contributed by atoms with van der Waals surface area (Å²) in [6.07, 6.45) is 3.66. The summed E-state index contributed by atoms with van der Waals surface area (Å²) in [5.74, 6) is -1.78. The monoisotopic (exact) mass is 537 g/mol. The van der Waals surface area contributed by atoms with Crippen LogP contribution >= 0.6 is 0 Å². The highest BCUT2D eigenvalue weighted by Gasteiger charge is 2.53. The summed E-state index contributed by atoms with van der Waals surface area (Å²) in [6, 6.07) is 4.86. The second-order valence-electron chi connectivity index (χ2n) is 12.5. The largest absolute Gasteiger partial charge is 0.369 e. The van der Waals surface area contributed by atoms with Gasteiger partial charge in [-0.2, -0.15) is 0 Å². The molecule has 39 heavy (non-hydrogen) atoms. The molecule has 3 heterocycles. The summed E-state index contributed by atoms with van der Waals surface area (Å²) in [5, 5.41) is 3.81. The Morgan fingerprint density at radius 2 is 1.92 bits per heavy atom. The van der Waals surface area contributed by atoms with Crippen LogP contribution in [0.2, 0.25) is 0 Å². The van der Waals surface area contributed by atoms with Crippen molar-refractivity contribution in [2.75, 3.05) is 44.2 Å². The van der Waals surface area contributed by atoms with Crippen LogP contribution in [0.15, 0.2) is 23.3 Å². The molecule has 4 atom stereocenters. The number of amides is 2. The second kappa shape index (κ2) is 10.8. The van der Waals surface area contributed by atoms with E-state index in [1.54, 1.807) is 6.07 Å². The molecule has 0 radical (unpaired) electrons. The maximum absolute atomic E-state index is 14.3. The van der Waals surface area contributed by atoms with Gasteiger partial charge in [0, 0.05) is 54.9 Å². The Kier molecular flexibility index (Phi) is 7.59. The Hall–Kier alpha value is -3.14. The van der Waals surface area contributed by atoms with Crippen molar-refractivity contribution in [3.63, 3.8) is 0 Å². The Bertz CT molecular complexity index is 1180. The van der Waals surface area contributed by atoms with Crippen molar-refractivity contribution in [1.82, 2.24) is 9.80 Å². The predicted octanol–water partition coefficient (Wildman–Crippen LogP) is 2.84. The zero-order chi connectivity index (χ0) is 27.9. The summed E-state index contributed by atoms with van der Waals surface area (Å²) < 4.78 is 5.63. The molecule has 4 fully saturated rings. The lowest BCUT2D eigenvalue weighted by Crippen LogP contribution is -2.52. The molecule has 11 nitrogen and oxygen atoms in total. The van der Waals surface area contributed by atoms with Gasteiger partial charge in [-0.1, -0.05) is 32.3 Å². The lowest BCUT2D eigenvalue weighted by Gasteiger charge is -2.43. The number of ketones is 1. The molecule has 1 saturated carbocycles. The fourth-order valence-electron chi connectivity index (χ4n) is 6.52. The van der Waals surface area contributed by atoms with Crippen molar-refractivity contribution in [3.8, 4) is 0 Å². The molecule has 1 aromatic carbocycles. The molecule has 3 saturated heterocycles. The van der Waals surface area contributed by atoms with E-state index in [2.05, 4.69) is 19.8 Å². The highest BCUT2D eigenvalue weighted by molar-refractivity contribution is 5.99. The molecule has 2 amide bonds. The number of carbonyl (C=O) groups excluding carboxylic acids is 3. The SMILES string of the molecule is CC(C)(C)C[C@H](C(=O)N1C[C@@H](N=[N+]=[N-])[C@H]2OCC(=O)[C@H]21)c1cc(N2CCN(C3CCC3)CC2)ccc1C(N)=O. The topological polar surface area (TPSA) is 145 Å². The van der Waals surface area contributed by atoms with Gasteiger partial charge in [0.05, 0.1) is 18.1 Å². The van der Waals surface area contributed by atoms with E-state index >= 15 is 0 Å². The number of hydrogen-bond acceptors (Lipinski definition) is 7. The number of ether oxygens (including phenoxy) is 1. The van der Waals surface area contributed by atoms with Gasteiger partial charge in [-0.05, 0) is 54.0 Å². The van der Waals surface area contributed by atoms with E-state index in [9.17, 15) is 14.4 Å². The molecule has 2 N–H and O–H groups in total. The first-order valence-corrected chi connectivity index (χ1v) is 14.0. The normalized spacial score (nSPS) is 26.6. The lowest BCUT2D eigenvalue weighted by atomic mass is 9.79. The maximum atomic E-state index is 14.3. The van der Waals surface area contributed by atoms with Crippen molar-refractivity contribution in [3.05, 3.63) is 39.8 Å². The third-order valence-electron chi connectivity index (χ3n) is 8.70. The highest BCUT2D eigenvalue weighted by Crippen LogP contribution is 2.39. The van der Waals surface area contributed by atoms with Gasteiger partial charge < -0.3 is 20.3 Å². The Morgan fingerprint density at radius 3 is 2.51 bits per heavy atom. The fraction of sp³-hybridized carbons (Fsp3) is 0.679. The number of hydrogen-bond donors (Lipinski definition) is 1. The summed E-state index contributed by atoms with van der Waals surface area (Å²) in [6.45, 7) is 9.83. The van der Waals surface area contributed by atoms with Gasteiger partial charge in [-0.3, -0.25) is 19.3 Å². The van der Waals surface area contributed by atoms with Crippen molar-refractivity contribution in [2.24, 2.45) is 16.3 Å². The number of piperazine rings is 1. The highest BCUT2D eigenvalue weighted by atomic mass is 16.5. The first kappa shape index (κ1) is 27.4. The molecule has 5 rings (SSSR count). The molecule has 0 spiro atoms. The van der Waals surface area contributed by atoms with Gasteiger partial charge >= 0.3 is 0 Å².